The van der Waals surface area contributed by atoms with Crippen molar-refractivity contribution in [3.05, 3.63) is 36.0 Å². The second kappa shape index (κ2) is 3.78. The van der Waals surface area contributed by atoms with Crippen LogP contribution in [0.25, 0.3) is 10.9 Å². The number of fused-ring (bicyclic) bond motifs is 1. The van der Waals surface area contributed by atoms with Crippen LogP contribution >= 0.6 is 0 Å². The van der Waals surface area contributed by atoms with Crippen molar-refractivity contribution in [3.63, 3.8) is 0 Å². The molecule has 0 radical (unpaired) electrons. The van der Waals surface area contributed by atoms with Gasteiger partial charge >= 0.3 is 0 Å². The van der Waals surface area contributed by atoms with Crippen molar-refractivity contribution in [3.8, 4) is 0 Å². The number of nitrogens with one attached hydrogen (secondary N) is 1. The molecule has 0 spiro atoms. The summed E-state index contributed by atoms with van der Waals surface area (Å²) in [5, 5.41) is 1.21. The van der Waals surface area contributed by atoms with Gasteiger partial charge in [-0.3, -0.25) is 4.79 Å². The fourth-order valence-corrected chi connectivity index (χ4v) is 2.69. The van der Waals surface area contributed by atoms with E-state index in [9.17, 15) is 4.79 Å². The zero-order valence-electron chi connectivity index (χ0n) is 9.20. The second-order valence-electron chi connectivity index (χ2n) is 4.55. The van der Waals surface area contributed by atoms with Gasteiger partial charge < -0.3 is 4.98 Å². The number of ketones is 1. The number of para-hydroxylation sites is 1. The van der Waals surface area contributed by atoms with E-state index in [-0.39, 0.29) is 5.92 Å². The number of carbonyl (C=O) groups excluding carboxylic acids is 1. The number of Topliss-reactive ketones (excluding diaryl/α,β-unsaturated/α-hetero) is 1. The number of H-pyrrole nitrogens is 1. The molecular weight excluding hydrogens is 198 g/mol. The van der Waals surface area contributed by atoms with Crippen molar-refractivity contribution < 1.29 is 4.79 Å². The van der Waals surface area contributed by atoms with Crippen LogP contribution in [0.4, 0.5) is 0 Å². The normalized spacial score (nSPS) is 21.5. The van der Waals surface area contributed by atoms with Crippen LogP contribution in [0, 0.1) is 0 Å². The van der Waals surface area contributed by atoms with Crippen molar-refractivity contribution in [2.45, 2.75) is 31.6 Å². The van der Waals surface area contributed by atoms with Crippen LogP contribution in [0.3, 0.4) is 0 Å². The van der Waals surface area contributed by atoms with Gasteiger partial charge in [0.1, 0.15) is 5.78 Å². The summed E-state index contributed by atoms with van der Waals surface area (Å²) in [5.41, 5.74) is 2.33. The third-order valence-electron chi connectivity index (χ3n) is 3.55. The number of aromatic nitrogens is 1. The van der Waals surface area contributed by atoms with Gasteiger partial charge in [0, 0.05) is 29.4 Å². The average molecular weight is 213 g/mol. The van der Waals surface area contributed by atoms with Crippen molar-refractivity contribution in [2.24, 2.45) is 0 Å². The SMILES string of the molecule is O=C1CCCC[C@H]1c1c[nH]c2ccccc12. The average Bonchev–Trinajstić information content (AvgIpc) is 2.74. The number of carbonyl (C=O) groups is 1. The van der Waals surface area contributed by atoms with Crippen LogP contribution in [0.2, 0.25) is 0 Å². The van der Waals surface area contributed by atoms with Crippen LogP contribution in [-0.4, -0.2) is 10.8 Å². The fourth-order valence-electron chi connectivity index (χ4n) is 2.69. The van der Waals surface area contributed by atoms with Crippen LogP contribution in [-0.2, 0) is 4.79 Å². The molecule has 2 nitrogen and oxygen atoms in total. The lowest BCUT2D eigenvalue weighted by molar-refractivity contribution is -0.121. The van der Waals surface area contributed by atoms with Crippen molar-refractivity contribution in [1.82, 2.24) is 4.98 Å². The number of rotatable bonds is 1. The molecule has 1 aliphatic rings. The highest BCUT2D eigenvalue weighted by atomic mass is 16.1. The van der Waals surface area contributed by atoms with Gasteiger partial charge in [0.15, 0.2) is 0 Å². The molecule has 1 aromatic carbocycles. The molecule has 16 heavy (non-hydrogen) atoms. The van der Waals surface area contributed by atoms with E-state index < -0.39 is 0 Å². The molecule has 2 aromatic rings. The molecule has 0 aliphatic heterocycles. The first-order valence-electron chi connectivity index (χ1n) is 5.95. The van der Waals surface area contributed by atoms with E-state index in [0.717, 1.165) is 24.8 Å². The Balaban J connectivity index is 2.08. The Morgan fingerprint density at radius 3 is 2.94 bits per heavy atom. The molecule has 1 aliphatic carbocycles. The predicted octanol–water partition coefficient (Wildman–Crippen LogP) is 3.39. The van der Waals surface area contributed by atoms with E-state index in [1.807, 2.05) is 18.3 Å². The van der Waals surface area contributed by atoms with Gasteiger partial charge in [-0.15, -0.1) is 0 Å². The molecule has 2 heteroatoms. The molecule has 0 unspecified atom stereocenters. The molecule has 0 bridgehead atoms. The molecule has 1 heterocycles. The van der Waals surface area contributed by atoms with Crippen LogP contribution in [0.1, 0.15) is 37.2 Å². The maximum absolute atomic E-state index is 11.9. The van der Waals surface area contributed by atoms with E-state index in [2.05, 4.69) is 17.1 Å². The summed E-state index contributed by atoms with van der Waals surface area (Å²) in [6.45, 7) is 0. The first kappa shape index (κ1) is 9.64. The summed E-state index contributed by atoms with van der Waals surface area (Å²) in [4.78, 5) is 15.2. The van der Waals surface area contributed by atoms with Crippen LogP contribution in [0.15, 0.2) is 30.5 Å². The Morgan fingerprint density at radius 2 is 2.06 bits per heavy atom. The van der Waals surface area contributed by atoms with Gasteiger partial charge in [-0.1, -0.05) is 24.6 Å². The van der Waals surface area contributed by atoms with Crippen molar-refractivity contribution in [1.29, 1.82) is 0 Å². The first-order chi connectivity index (χ1) is 7.86. The highest BCUT2D eigenvalue weighted by Gasteiger charge is 2.25. The third-order valence-corrected chi connectivity index (χ3v) is 3.55. The number of benzene rings is 1. The Morgan fingerprint density at radius 1 is 1.19 bits per heavy atom. The van der Waals surface area contributed by atoms with Gasteiger partial charge in [-0.2, -0.15) is 0 Å². The molecule has 0 amide bonds. The van der Waals surface area contributed by atoms with E-state index in [0.29, 0.717) is 5.78 Å². The number of hydrogen-bond donors (Lipinski definition) is 1. The molecule has 82 valence electrons. The van der Waals surface area contributed by atoms with Crippen LogP contribution < -0.4 is 0 Å². The van der Waals surface area contributed by atoms with Crippen molar-refractivity contribution >= 4 is 16.7 Å². The Hall–Kier alpha value is -1.57. The summed E-state index contributed by atoms with van der Waals surface area (Å²) in [6, 6.07) is 8.22. The minimum absolute atomic E-state index is 0.130. The highest BCUT2D eigenvalue weighted by Crippen LogP contribution is 2.34. The van der Waals surface area contributed by atoms with E-state index in [1.165, 1.54) is 17.4 Å². The predicted molar refractivity (Wildman–Crippen MR) is 64.5 cm³/mol. The van der Waals surface area contributed by atoms with Gasteiger partial charge in [-0.05, 0) is 24.5 Å². The van der Waals surface area contributed by atoms with Gasteiger partial charge in [0.2, 0.25) is 0 Å². The summed E-state index contributed by atoms with van der Waals surface area (Å²) in [6.07, 6.45) is 6.02. The number of aromatic amines is 1. The summed E-state index contributed by atoms with van der Waals surface area (Å²) >= 11 is 0. The summed E-state index contributed by atoms with van der Waals surface area (Å²) in [7, 11) is 0. The molecule has 1 saturated carbocycles. The standard InChI is InChI=1S/C14H15NO/c16-14-8-4-2-6-11(14)12-9-15-13-7-3-1-5-10(12)13/h1,3,5,7,9,11,15H,2,4,6,8H2/t11-/m0/s1. The minimum Gasteiger partial charge on any atom is -0.361 e. The Bertz CT molecular complexity index is 526. The van der Waals surface area contributed by atoms with Crippen molar-refractivity contribution in [2.75, 3.05) is 0 Å². The maximum atomic E-state index is 11.9. The first-order valence-corrected chi connectivity index (χ1v) is 5.95. The monoisotopic (exact) mass is 213 g/mol. The molecule has 1 atom stereocenters. The molecule has 1 fully saturated rings. The molecule has 1 N–H and O–H groups in total. The van der Waals surface area contributed by atoms with Gasteiger partial charge in [0.25, 0.3) is 0 Å². The Kier molecular flexibility index (Phi) is 2.28. The minimum atomic E-state index is 0.130. The molecule has 1 aromatic heterocycles. The van der Waals surface area contributed by atoms with E-state index in [4.69, 9.17) is 0 Å². The third kappa shape index (κ3) is 1.45. The lowest BCUT2D eigenvalue weighted by Gasteiger charge is -2.19. The number of hydrogen-bond acceptors (Lipinski definition) is 1. The molecular formula is C14H15NO. The van der Waals surface area contributed by atoms with Gasteiger partial charge in [-0.25, -0.2) is 0 Å². The quantitative estimate of drug-likeness (QED) is 0.773. The van der Waals surface area contributed by atoms with Crippen LogP contribution in [0.5, 0.6) is 0 Å². The van der Waals surface area contributed by atoms with E-state index in [1.54, 1.807) is 0 Å². The lowest BCUT2D eigenvalue weighted by Crippen LogP contribution is -2.16. The highest BCUT2D eigenvalue weighted by molar-refractivity contribution is 5.93. The summed E-state index contributed by atoms with van der Waals surface area (Å²) < 4.78 is 0. The topological polar surface area (TPSA) is 32.9 Å². The second-order valence-corrected chi connectivity index (χ2v) is 4.55. The fraction of sp³-hybridized carbons (Fsp3) is 0.357. The Labute approximate surface area is 94.7 Å². The zero-order chi connectivity index (χ0) is 11.0. The molecule has 3 rings (SSSR count). The smallest absolute Gasteiger partial charge is 0.140 e. The largest absolute Gasteiger partial charge is 0.361 e. The maximum Gasteiger partial charge on any atom is 0.140 e. The molecule has 0 saturated heterocycles. The summed E-state index contributed by atoms with van der Waals surface area (Å²) in [5.74, 6) is 0.543. The van der Waals surface area contributed by atoms with Gasteiger partial charge in [0.05, 0.1) is 0 Å². The van der Waals surface area contributed by atoms with E-state index >= 15 is 0 Å². The zero-order valence-corrected chi connectivity index (χ0v) is 9.20. The lowest BCUT2D eigenvalue weighted by atomic mass is 9.83.